The highest BCUT2D eigenvalue weighted by molar-refractivity contribution is 6.15. The Morgan fingerprint density at radius 2 is 1.88 bits per heavy atom. The summed E-state index contributed by atoms with van der Waals surface area (Å²) in [6.45, 7) is 5.85. The van der Waals surface area contributed by atoms with E-state index in [2.05, 4.69) is 11.1 Å². The summed E-state index contributed by atoms with van der Waals surface area (Å²) in [5.74, 6) is -1.75. The average molecular weight is 431 g/mol. The predicted molar refractivity (Wildman–Crippen MR) is 117 cm³/mol. The van der Waals surface area contributed by atoms with Gasteiger partial charge in [0.15, 0.2) is 5.78 Å². The van der Waals surface area contributed by atoms with Crippen LogP contribution < -0.4 is 0 Å². The molecule has 2 aromatic rings. The molecule has 1 amide bonds. The molecule has 7 heteroatoms. The van der Waals surface area contributed by atoms with Gasteiger partial charge in [-0.05, 0) is 54.8 Å². The molecule has 1 aromatic carbocycles. The topological polar surface area (TPSA) is 100 Å². The van der Waals surface area contributed by atoms with E-state index in [4.69, 9.17) is 10.00 Å². The molecule has 2 atom stereocenters. The summed E-state index contributed by atoms with van der Waals surface area (Å²) in [5, 5.41) is 8.96. The molecule has 4 rings (SSSR count). The number of carbonyl (C=O) groups excluding carboxylic acids is 3. The van der Waals surface area contributed by atoms with Gasteiger partial charge in [0.05, 0.1) is 24.5 Å². The zero-order chi connectivity index (χ0) is 22.8. The van der Waals surface area contributed by atoms with Crippen LogP contribution in [-0.2, 0) is 19.1 Å². The Labute approximate surface area is 187 Å². The maximum atomic E-state index is 13.2. The first kappa shape index (κ1) is 21.8. The van der Waals surface area contributed by atoms with Crippen molar-refractivity contribution in [2.45, 2.75) is 32.6 Å². The van der Waals surface area contributed by atoms with Crippen molar-refractivity contribution in [3.8, 4) is 17.3 Å². The Kier molecular flexibility index (Phi) is 6.15. The molecule has 1 saturated carbocycles. The quantitative estimate of drug-likeness (QED) is 0.690. The second-order valence-corrected chi connectivity index (χ2v) is 8.47. The molecule has 1 aliphatic carbocycles. The van der Waals surface area contributed by atoms with Crippen LogP contribution in [0.5, 0.6) is 0 Å². The number of Topliss-reactive ketones (excluding diaryl/α,β-unsaturated/α-hetero) is 2. The van der Waals surface area contributed by atoms with E-state index in [1.54, 1.807) is 17.0 Å². The summed E-state index contributed by atoms with van der Waals surface area (Å²) < 4.78 is 5.28. The van der Waals surface area contributed by atoms with Gasteiger partial charge < -0.3 is 9.64 Å². The number of ether oxygens (including phenoxy) is 1. The Hall–Kier alpha value is -3.37. The molecule has 0 radical (unpaired) electrons. The fraction of sp³-hybridized carbons (Fsp3) is 0.400. The molecule has 7 nitrogen and oxygen atoms in total. The molecule has 32 heavy (non-hydrogen) atoms. The number of hydrogen-bond donors (Lipinski definition) is 0. The smallest absolute Gasteiger partial charge is 0.223 e. The molecule has 1 aromatic heterocycles. The minimum atomic E-state index is -0.819. The van der Waals surface area contributed by atoms with Gasteiger partial charge in [-0.25, -0.2) is 0 Å². The monoisotopic (exact) mass is 431 g/mol. The molecule has 1 aliphatic heterocycles. The van der Waals surface area contributed by atoms with E-state index in [-0.39, 0.29) is 30.3 Å². The molecule has 164 valence electrons. The summed E-state index contributed by atoms with van der Waals surface area (Å²) in [4.78, 5) is 44.7. The van der Waals surface area contributed by atoms with Gasteiger partial charge in [0, 0.05) is 43.6 Å². The molecule has 2 fully saturated rings. The van der Waals surface area contributed by atoms with Gasteiger partial charge in [0.2, 0.25) is 5.91 Å². The summed E-state index contributed by atoms with van der Waals surface area (Å²) >= 11 is 0. The van der Waals surface area contributed by atoms with Crippen LogP contribution in [0.1, 0.15) is 41.0 Å². The summed E-state index contributed by atoms with van der Waals surface area (Å²) in [7, 11) is 0. The SMILES string of the molecule is Cc1cc(-c2ccc(C#N)cn2)cc(C)c1C1C(=O)CC(CC(=O)N2CCOCC2)C1=O. The molecule has 0 spiro atoms. The van der Waals surface area contributed by atoms with Gasteiger partial charge in [0.1, 0.15) is 17.8 Å². The number of pyridine rings is 1. The molecule has 2 aliphatic rings. The number of rotatable bonds is 4. The lowest BCUT2D eigenvalue weighted by molar-refractivity contribution is -0.138. The fourth-order valence-electron chi connectivity index (χ4n) is 4.69. The number of benzene rings is 1. The predicted octanol–water partition coefficient (Wildman–Crippen LogP) is 2.73. The maximum Gasteiger partial charge on any atom is 0.223 e. The van der Waals surface area contributed by atoms with E-state index in [9.17, 15) is 14.4 Å². The number of hydrogen-bond acceptors (Lipinski definition) is 6. The van der Waals surface area contributed by atoms with Gasteiger partial charge in [0.25, 0.3) is 0 Å². The van der Waals surface area contributed by atoms with Crippen LogP contribution in [-0.4, -0.2) is 53.7 Å². The molecule has 0 bridgehead atoms. The lowest BCUT2D eigenvalue weighted by Gasteiger charge is -2.27. The standard InChI is InChI=1S/C25H25N3O4/c1-15-9-18(20-4-3-17(13-26)14-27-20)10-16(2)23(15)24-21(29)11-19(25(24)31)12-22(30)28-5-7-32-8-6-28/h3-4,9-10,14,19,24H,5-8,11-12H2,1-2H3. The second kappa shape index (κ2) is 9.01. The van der Waals surface area contributed by atoms with Crippen molar-refractivity contribution in [3.63, 3.8) is 0 Å². The van der Waals surface area contributed by atoms with Gasteiger partial charge in [-0.15, -0.1) is 0 Å². The van der Waals surface area contributed by atoms with Crippen LogP contribution in [0.2, 0.25) is 0 Å². The third-order valence-corrected chi connectivity index (χ3v) is 6.31. The van der Waals surface area contributed by atoms with Crippen LogP contribution in [0.15, 0.2) is 30.5 Å². The van der Waals surface area contributed by atoms with Crippen molar-refractivity contribution >= 4 is 17.5 Å². The lowest BCUT2D eigenvalue weighted by Crippen LogP contribution is -2.41. The summed E-state index contributed by atoms with van der Waals surface area (Å²) in [6.07, 6.45) is 1.71. The van der Waals surface area contributed by atoms with E-state index in [0.29, 0.717) is 31.9 Å². The van der Waals surface area contributed by atoms with Crippen LogP contribution >= 0.6 is 0 Å². The van der Waals surface area contributed by atoms with Crippen molar-refractivity contribution in [3.05, 3.63) is 52.7 Å². The van der Waals surface area contributed by atoms with Crippen molar-refractivity contribution < 1.29 is 19.1 Å². The Morgan fingerprint density at radius 3 is 2.47 bits per heavy atom. The van der Waals surface area contributed by atoms with Crippen LogP contribution in [0, 0.1) is 31.1 Å². The van der Waals surface area contributed by atoms with E-state index in [0.717, 1.165) is 27.9 Å². The zero-order valence-corrected chi connectivity index (χ0v) is 18.3. The maximum absolute atomic E-state index is 13.2. The minimum absolute atomic E-state index is 0.0758. The highest BCUT2D eigenvalue weighted by atomic mass is 16.5. The van der Waals surface area contributed by atoms with Crippen molar-refractivity contribution in [1.82, 2.24) is 9.88 Å². The third kappa shape index (κ3) is 4.19. The Morgan fingerprint density at radius 1 is 1.19 bits per heavy atom. The van der Waals surface area contributed by atoms with Gasteiger partial charge in [-0.3, -0.25) is 19.4 Å². The van der Waals surface area contributed by atoms with Crippen molar-refractivity contribution in [2.24, 2.45) is 5.92 Å². The van der Waals surface area contributed by atoms with E-state index >= 15 is 0 Å². The number of morpholine rings is 1. The number of amides is 1. The normalized spacial score (nSPS) is 21.0. The van der Waals surface area contributed by atoms with Crippen LogP contribution in [0.4, 0.5) is 0 Å². The highest BCUT2D eigenvalue weighted by Crippen LogP contribution is 2.38. The molecule has 2 unspecified atom stereocenters. The Balaban J connectivity index is 1.56. The first-order valence-electron chi connectivity index (χ1n) is 10.8. The molecule has 0 N–H and O–H groups in total. The van der Waals surface area contributed by atoms with Crippen molar-refractivity contribution in [2.75, 3.05) is 26.3 Å². The molecular weight excluding hydrogens is 406 g/mol. The van der Waals surface area contributed by atoms with E-state index in [1.165, 1.54) is 6.20 Å². The number of aromatic nitrogens is 1. The number of aryl methyl sites for hydroxylation is 2. The van der Waals surface area contributed by atoms with Crippen LogP contribution in [0.25, 0.3) is 11.3 Å². The third-order valence-electron chi connectivity index (χ3n) is 6.31. The largest absolute Gasteiger partial charge is 0.378 e. The number of nitrogens with zero attached hydrogens (tertiary/aromatic N) is 3. The van der Waals surface area contributed by atoms with Gasteiger partial charge in [-0.1, -0.05) is 0 Å². The number of carbonyl (C=O) groups is 3. The first-order valence-corrected chi connectivity index (χ1v) is 10.8. The van der Waals surface area contributed by atoms with Gasteiger partial charge in [-0.2, -0.15) is 5.26 Å². The first-order chi connectivity index (χ1) is 15.4. The zero-order valence-electron chi connectivity index (χ0n) is 18.3. The van der Waals surface area contributed by atoms with Crippen LogP contribution in [0.3, 0.4) is 0 Å². The molecular formula is C25H25N3O4. The van der Waals surface area contributed by atoms with Crippen molar-refractivity contribution in [1.29, 1.82) is 5.26 Å². The minimum Gasteiger partial charge on any atom is -0.378 e. The lowest BCUT2D eigenvalue weighted by atomic mass is 9.85. The fourth-order valence-corrected chi connectivity index (χ4v) is 4.69. The van der Waals surface area contributed by atoms with Gasteiger partial charge >= 0.3 is 0 Å². The molecule has 1 saturated heterocycles. The second-order valence-electron chi connectivity index (χ2n) is 8.47. The number of ketones is 2. The number of nitriles is 1. The molecule has 2 heterocycles. The van der Waals surface area contributed by atoms with E-state index < -0.39 is 11.8 Å². The average Bonchev–Trinajstić information content (AvgIpc) is 3.07. The summed E-state index contributed by atoms with van der Waals surface area (Å²) in [6, 6.07) is 9.38. The Bertz CT molecular complexity index is 1090. The summed E-state index contributed by atoms with van der Waals surface area (Å²) in [5.41, 5.74) is 4.50. The highest BCUT2D eigenvalue weighted by Gasteiger charge is 2.44. The van der Waals surface area contributed by atoms with E-state index in [1.807, 2.05) is 26.0 Å².